The highest BCUT2D eigenvalue weighted by atomic mass is 35.5. The third-order valence-electron chi connectivity index (χ3n) is 7.00. The van der Waals surface area contributed by atoms with Crippen molar-refractivity contribution in [1.82, 2.24) is 15.1 Å². The lowest BCUT2D eigenvalue weighted by Crippen LogP contribution is -2.51. The maximum Gasteiger partial charge on any atom is 0.323 e. The Balaban J connectivity index is 1.62. The monoisotopic (exact) mass is 468 g/mol. The Hall–Kier alpha value is -2.60. The van der Waals surface area contributed by atoms with Crippen molar-refractivity contribution in [2.75, 3.05) is 4.90 Å². The second kappa shape index (κ2) is 9.72. The van der Waals surface area contributed by atoms with Crippen LogP contribution in [0.4, 0.5) is 15.0 Å². The zero-order chi connectivity index (χ0) is 22.8. The lowest BCUT2D eigenvalue weighted by molar-refractivity contribution is 0.233. The van der Waals surface area contributed by atoms with Gasteiger partial charge in [0, 0.05) is 28.6 Å². The molecule has 5 nitrogen and oxygen atoms in total. The Labute approximate surface area is 198 Å². The van der Waals surface area contributed by atoms with Crippen LogP contribution in [0.2, 0.25) is 5.02 Å². The van der Waals surface area contributed by atoms with E-state index in [2.05, 4.69) is 5.32 Å². The number of fused-ring (bicyclic) bond motifs is 1. The van der Waals surface area contributed by atoms with Gasteiger partial charge in [-0.2, -0.15) is 5.10 Å². The predicted molar refractivity (Wildman–Crippen MR) is 131 cm³/mol. The minimum atomic E-state index is -0.342. The summed E-state index contributed by atoms with van der Waals surface area (Å²) >= 11 is 6.13. The first-order valence-electron chi connectivity index (χ1n) is 12.1. The average Bonchev–Trinajstić information content (AvgIpc) is 3.19. The molecule has 5 rings (SSSR count). The number of anilines is 1. The fraction of sp³-hybridized carbons (Fsp3) is 0.462. The third-order valence-corrected chi connectivity index (χ3v) is 7.25. The number of nitrogens with one attached hydrogen (secondary N) is 1. The van der Waals surface area contributed by atoms with Gasteiger partial charge in [-0.15, -0.1) is 0 Å². The van der Waals surface area contributed by atoms with Gasteiger partial charge in [-0.05, 0) is 62.1 Å². The summed E-state index contributed by atoms with van der Waals surface area (Å²) in [5.74, 6) is 0.359. The molecule has 2 aliphatic rings. The van der Waals surface area contributed by atoms with E-state index in [1.165, 1.54) is 25.0 Å². The number of hydrogen-bond donors (Lipinski definition) is 1. The number of rotatable bonds is 4. The standard InChI is InChI=1S/C26H30ClFN4O/c27-18-11-14-22(15-12-18)32-25(23-16-13-19(28)17-24(23)30-32)31(21-9-5-2-6-10-21)26(33)29-20-7-3-1-4-8-20/h11-17,20-21H,1-10H2,(H,29,33). The van der Waals surface area contributed by atoms with Gasteiger partial charge in [0.25, 0.3) is 0 Å². The summed E-state index contributed by atoms with van der Waals surface area (Å²) in [5, 5.41) is 9.45. The molecule has 2 aliphatic carbocycles. The quantitative estimate of drug-likeness (QED) is 0.448. The molecule has 0 saturated heterocycles. The Kier molecular flexibility index (Phi) is 6.54. The summed E-state index contributed by atoms with van der Waals surface area (Å²) in [6.07, 6.45) is 10.9. The van der Waals surface area contributed by atoms with Crippen molar-refractivity contribution in [1.29, 1.82) is 0 Å². The van der Waals surface area contributed by atoms with E-state index in [1.54, 1.807) is 22.9 Å². The van der Waals surface area contributed by atoms with Crippen LogP contribution in [0.15, 0.2) is 42.5 Å². The van der Waals surface area contributed by atoms with Crippen LogP contribution in [0.5, 0.6) is 0 Å². The van der Waals surface area contributed by atoms with Crippen LogP contribution >= 0.6 is 11.6 Å². The van der Waals surface area contributed by atoms with Crippen LogP contribution in [0.1, 0.15) is 64.2 Å². The van der Waals surface area contributed by atoms with Crippen molar-refractivity contribution >= 4 is 34.4 Å². The van der Waals surface area contributed by atoms with Crippen LogP contribution in [-0.2, 0) is 0 Å². The van der Waals surface area contributed by atoms with E-state index in [9.17, 15) is 9.18 Å². The smallest absolute Gasteiger partial charge is 0.323 e. The Morgan fingerprint density at radius 1 is 0.970 bits per heavy atom. The molecule has 7 heteroatoms. The number of carbonyl (C=O) groups excluding carboxylic acids is 1. The molecule has 174 valence electrons. The van der Waals surface area contributed by atoms with Crippen molar-refractivity contribution in [3.63, 3.8) is 0 Å². The molecule has 2 fully saturated rings. The molecule has 1 N–H and O–H groups in total. The van der Waals surface area contributed by atoms with Gasteiger partial charge in [-0.3, -0.25) is 4.90 Å². The van der Waals surface area contributed by atoms with Crippen molar-refractivity contribution in [2.45, 2.75) is 76.3 Å². The summed E-state index contributed by atoms with van der Waals surface area (Å²) in [7, 11) is 0. The van der Waals surface area contributed by atoms with Gasteiger partial charge in [0.15, 0.2) is 0 Å². The number of nitrogens with zero attached hydrogens (tertiary/aromatic N) is 3. The second-order valence-corrected chi connectivity index (χ2v) is 9.76. The third kappa shape index (κ3) is 4.72. The molecule has 2 aromatic carbocycles. The van der Waals surface area contributed by atoms with Crippen molar-refractivity contribution in [2.24, 2.45) is 0 Å². The highest BCUT2D eigenvalue weighted by Crippen LogP contribution is 2.35. The SMILES string of the molecule is O=C(NC1CCCCC1)N(c1c2ccc(F)cc2nn1-c1ccc(Cl)cc1)C1CCCCC1. The van der Waals surface area contributed by atoms with Crippen LogP contribution < -0.4 is 10.2 Å². The van der Waals surface area contributed by atoms with E-state index in [4.69, 9.17) is 16.7 Å². The van der Waals surface area contributed by atoms with Gasteiger partial charge >= 0.3 is 6.03 Å². The molecule has 1 heterocycles. The average molecular weight is 469 g/mol. The fourth-order valence-corrected chi connectivity index (χ4v) is 5.43. The van der Waals surface area contributed by atoms with Crippen LogP contribution in [-0.4, -0.2) is 27.9 Å². The number of urea groups is 1. The molecule has 0 atom stereocenters. The molecular weight excluding hydrogens is 439 g/mol. The molecule has 0 unspecified atom stereocenters. The van der Waals surface area contributed by atoms with Crippen LogP contribution in [0.3, 0.4) is 0 Å². The maximum atomic E-state index is 14.1. The van der Waals surface area contributed by atoms with Crippen molar-refractivity contribution < 1.29 is 9.18 Å². The zero-order valence-electron chi connectivity index (χ0n) is 18.8. The Morgan fingerprint density at radius 3 is 2.33 bits per heavy atom. The van der Waals surface area contributed by atoms with Crippen LogP contribution in [0.25, 0.3) is 16.6 Å². The van der Waals surface area contributed by atoms with E-state index in [0.717, 1.165) is 62.4 Å². The molecule has 2 amide bonds. The second-order valence-electron chi connectivity index (χ2n) is 9.32. The normalized spacial score (nSPS) is 17.9. The van der Waals surface area contributed by atoms with Crippen LogP contribution in [0, 0.1) is 5.82 Å². The fourth-order valence-electron chi connectivity index (χ4n) is 5.31. The highest BCUT2D eigenvalue weighted by molar-refractivity contribution is 6.30. The topological polar surface area (TPSA) is 50.2 Å². The number of hydrogen-bond acceptors (Lipinski definition) is 2. The van der Waals surface area contributed by atoms with E-state index in [0.29, 0.717) is 16.4 Å². The van der Waals surface area contributed by atoms with Gasteiger partial charge in [0.2, 0.25) is 0 Å². The number of aromatic nitrogens is 2. The molecule has 33 heavy (non-hydrogen) atoms. The Morgan fingerprint density at radius 2 is 1.64 bits per heavy atom. The summed E-state index contributed by atoms with van der Waals surface area (Å²) in [6, 6.07) is 12.2. The highest BCUT2D eigenvalue weighted by Gasteiger charge is 2.33. The molecule has 2 saturated carbocycles. The summed E-state index contributed by atoms with van der Waals surface area (Å²) in [6.45, 7) is 0. The first kappa shape index (κ1) is 22.2. The van der Waals surface area contributed by atoms with Gasteiger partial charge in [0.05, 0.1) is 11.2 Å². The molecule has 3 aromatic rings. The number of carbonyl (C=O) groups is 1. The van der Waals surface area contributed by atoms with Crippen molar-refractivity contribution in [3.8, 4) is 5.69 Å². The molecule has 0 aliphatic heterocycles. The van der Waals surface area contributed by atoms with E-state index >= 15 is 0 Å². The summed E-state index contributed by atoms with van der Waals surface area (Å²) in [4.78, 5) is 15.7. The lowest BCUT2D eigenvalue weighted by Gasteiger charge is -2.36. The van der Waals surface area contributed by atoms with Gasteiger partial charge in [-0.1, -0.05) is 50.1 Å². The minimum absolute atomic E-state index is 0.0739. The summed E-state index contributed by atoms with van der Waals surface area (Å²) < 4.78 is 15.9. The zero-order valence-corrected chi connectivity index (χ0v) is 19.5. The number of halogens is 2. The molecule has 0 spiro atoms. The first-order chi connectivity index (χ1) is 16.1. The van der Waals surface area contributed by atoms with E-state index < -0.39 is 0 Å². The maximum absolute atomic E-state index is 14.1. The van der Waals surface area contributed by atoms with E-state index in [1.807, 2.05) is 17.0 Å². The van der Waals surface area contributed by atoms with E-state index in [-0.39, 0.29) is 23.9 Å². The largest absolute Gasteiger partial charge is 0.335 e. The molecule has 0 radical (unpaired) electrons. The van der Waals surface area contributed by atoms with Crippen molar-refractivity contribution in [3.05, 3.63) is 53.3 Å². The van der Waals surface area contributed by atoms with Gasteiger partial charge < -0.3 is 5.32 Å². The molecular formula is C26H30ClFN4O. The first-order valence-corrected chi connectivity index (χ1v) is 12.5. The number of amides is 2. The minimum Gasteiger partial charge on any atom is -0.335 e. The molecule has 0 bridgehead atoms. The lowest BCUT2D eigenvalue weighted by atomic mass is 9.93. The molecule has 1 aromatic heterocycles. The van der Waals surface area contributed by atoms with Gasteiger partial charge in [0.1, 0.15) is 11.6 Å². The Bertz CT molecular complexity index is 1120. The summed E-state index contributed by atoms with van der Waals surface area (Å²) in [5.41, 5.74) is 1.32. The predicted octanol–water partition coefficient (Wildman–Crippen LogP) is 7.00. The van der Waals surface area contributed by atoms with Gasteiger partial charge in [-0.25, -0.2) is 13.9 Å². The number of benzene rings is 2.